The first-order valence-electron chi connectivity index (χ1n) is 8.65. The first kappa shape index (κ1) is 17.6. The second-order valence-corrected chi connectivity index (χ2v) is 7.54. The summed E-state index contributed by atoms with van der Waals surface area (Å²) in [5.74, 6) is 0. The van der Waals surface area contributed by atoms with E-state index in [4.69, 9.17) is 0 Å². The number of aromatic amines is 1. The molecule has 0 saturated heterocycles. The van der Waals surface area contributed by atoms with E-state index in [1.807, 2.05) is 19.9 Å². The maximum atomic E-state index is 11.9. The number of aryl methyl sites for hydroxylation is 3. The molecule has 0 unspecified atom stereocenters. The smallest absolute Gasteiger partial charge is 0.251 e. The molecule has 0 radical (unpaired) electrons. The van der Waals surface area contributed by atoms with E-state index in [-0.39, 0.29) is 5.56 Å². The van der Waals surface area contributed by atoms with Gasteiger partial charge in [-0.25, -0.2) is 0 Å². The van der Waals surface area contributed by atoms with Crippen molar-refractivity contribution in [3.63, 3.8) is 0 Å². The van der Waals surface area contributed by atoms with Crippen molar-refractivity contribution in [1.82, 2.24) is 10.3 Å². The Hall–Kier alpha value is -2.17. The molecule has 0 aliphatic rings. The van der Waals surface area contributed by atoms with Crippen LogP contribution >= 0.6 is 11.3 Å². The number of aromatic nitrogens is 1. The SMILES string of the molecule is CCc1cc(-c2ccc(CNCc3cccc(C)c3)s2)c(C)[nH]c1=O. The van der Waals surface area contributed by atoms with Gasteiger partial charge in [-0.1, -0.05) is 36.8 Å². The van der Waals surface area contributed by atoms with Crippen LogP contribution in [-0.2, 0) is 19.5 Å². The van der Waals surface area contributed by atoms with E-state index in [1.54, 1.807) is 11.3 Å². The molecule has 2 heterocycles. The highest BCUT2D eigenvalue weighted by Crippen LogP contribution is 2.30. The van der Waals surface area contributed by atoms with Crippen LogP contribution < -0.4 is 10.9 Å². The topological polar surface area (TPSA) is 44.9 Å². The summed E-state index contributed by atoms with van der Waals surface area (Å²) in [7, 11) is 0. The number of benzene rings is 1. The largest absolute Gasteiger partial charge is 0.326 e. The fourth-order valence-corrected chi connectivity index (χ4v) is 4.01. The van der Waals surface area contributed by atoms with Crippen molar-refractivity contribution >= 4 is 11.3 Å². The minimum Gasteiger partial charge on any atom is -0.326 e. The molecule has 1 aromatic carbocycles. The molecule has 3 nitrogen and oxygen atoms in total. The number of pyridine rings is 1. The van der Waals surface area contributed by atoms with E-state index in [0.717, 1.165) is 36.3 Å². The van der Waals surface area contributed by atoms with Crippen LogP contribution in [0.4, 0.5) is 0 Å². The van der Waals surface area contributed by atoms with Crippen LogP contribution in [0.5, 0.6) is 0 Å². The van der Waals surface area contributed by atoms with Gasteiger partial charge in [-0.2, -0.15) is 0 Å². The predicted molar refractivity (Wildman–Crippen MR) is 106 cm³/mol. The highest BCUT2D eigenvalue weighted by Gasteiger charge is 2.09. The Balaban J connectivity index is 1.69. The summed E-state index contributed by atoms with van der Waals surface area (Å²) in [6, 6.07) is 14.9. The second-order valence-electron chi connectivity index (χ2n) is 6.37. The highest BCUT2D eigenvalue weighted by molar-refractivity contribution is 7.15. The lowest BCUT2D eigenvalue weighted by Crippen LogP contribution is -2.13. The minimum atomic E-state index is 0.0281. The second kappa shape index (κ2) is 7.81. The zero-order valence-corrected chi connectivity index (χ0v) is 15.8. The van der Waals surface area contributed by atoms with Gasteiger partial charge in [0.15, 0.2) is 0 Å². The Morgan fingerprint density at radius 1 is 1.08 bits per heavy atom. The van der Waals surface area contributed by atoms with Gasteiger partial charge in [0.1, 0.15) is 0 Å². The lowest BCUT2D eigenvalue weighted by Gasteiger charge is -2.06. The Morgan fingerprint density at radius 3 is 2.68 bits per heavy atom. The fourth-order valence-electron chi connectivity index (χ4n) is 2.95. The quantitative estimate of drug-likeness (QED) is 0.682. The molecule has 0 aliphatic heterocycles. The summed E-state index contributed by atoms with van der Waals surface area (Å²) < 4.78 is 0. The molecule has 4 heteroatoms. The Bertz CT molecular complexity index is 924. The molecule has 0 saturated carbocycles. The summed E-state index contributed by atoms with van der Waals surface area (Å²) in [5.41, 5.74) is 5.53. The summed E-state index contributed by atoms with van der Waals surface area (Å²) in [4.78, 5) is 17.4. The van der Waals surface area contributed by atoms with Crippen LogP contribution in [0.1, 0.15) is 34.2 Å². The highest BCUT2D eigenvalue weighted by atomic mass is 32.1. The zero-order chi connectivity index (χ0) is 17.8. The van der Waals surface area contributed by atoms with Gasteiger partial charge in [-0.3, -0.25) is 4.79 Å². The normalized spacial score (nSPS) is 11.0. The van der Waals surface area contributed by atoms with Gasteiger partial charge in [0.25, 0.3) is 5.56 Å². The molecule has 0 atom stereocenters. The third-order valence-corrected chi connectivity index (χ3v) is 5.45. The molecule has 0 aliphatic carbocycles. The molecule has 0 spiro atoms. The van der Waals surface area contributed by atoms with E-state index < -0.39 is 0 Å². The molecular formula is C21H24N2OS. The third-order valence-electron chi connectivity index (χ3n) is 4.33. The molecule has 0 fully saturated rings. The molecule has 2 aromatic heterocycles. The number of thiophene rings is 1. The number of hydrogen-bond donors (Lipinski definition) is 2. The molecule has 2 N–H and O–H groups in total. The van der Waals surface area contributed by atoms with Crippen molar-refractivity contribution in [2.24, 2.45) is 0 Å². The molecule has 25 heavy (non-hydrogen) atoms. The Morgan fingerprint density at radius 2 is 1.92 bits per heavy atom. The monoisotopic (exact) mass is 352 g/mol. The van der Waals surface area contributed by atoms with Gasteiger partial charge < -0.3 is 10.3 Å². The van der Waals surface area contributed by atoms with Crippen LogP contribution in [0.15, 0.2) is 47.3 Å². The van der Waals surface area contributed by atoms with Crippen LogP contribution in [0.2, 0.25) is 0 Å². The zero-order valence-electron chi connectivity index (χ0n) is 15.0. The van der Waals surface area contributed by atoms with Crippen LogP contribution in [0.3, 0.4) is 0 Å². The van der Waals surface area contributed by atoms with Crippen molar-refractivity contribution in [2.75, 3.05) is 0 Å². The third kappa shape index (κ3) is 4.27. The average molecular weight is 353 g/mol. The first-order valence-corrected chi connectivity index (χ1v) is 9.46. The predicted octanol–water partition coefficient (Wildman–Crippen LogP) is 4.57. The number of H-pyrrole nitrogens is 1. The van der Waals surface area contributed by atoms with Gasteiger partial charge in [0.05, 0.1) is 0 Å². The van der Waals surface area contributed by atoms with Crippen molar-refractivity contribution < 1.29 is 0 Å². The van der Waals surface area contributed by atoms with E-state index >= 15 is 0 Å². The van der Waals surface area contributed by atoms with Crippen molar-refractivity contribution in [1.29, 1.82) is 0 Å². The molecule has 3 rings (SSSR count). The Labute approximate surface area is 152 Å². The number of rotatable bonds is 6. The van der Waals surface area contributed by atoms with Crippen LogP contribution in [0.25, 0.3) is 10.4 Å². The first-order chi connectivity index (χ1) is 12.1. The molecule has 130 valence electrons. The van der Waals surface area contributed by atoms with Gasteiger partial charge in [-0.15, -0.1) is 11.3 Å². The fraction of sp³-hybridized carbons (Fsp3) is 0.286. The molecule has 3 aromatic rings. The van der Waals surface area contributed by atoms with Gasteiger partial charge in [0, 0.05) is 39.7 Å². The summed E-state index contributed by atoms with van der Waals surface area (Å²) in [6.45, 7) is 7.81. The standard InChI is InChI=1S/C21H24N2OS/c1-4-17-11-19(15(3)23-21(17)24)20-9-8-18(25-20)13-22-12-16-7-5-6-14(2)10-16/h5-11,22H,4,12-13H2,1-3H3,(H,23,24). The van der Waals surface area contributed by atoms with E-state index in [0.29, 0.717) is 0 Å². The van der Waals surface area contributed by atoms with Gasteiger partial charge in [0.2, 0.25) is 0 Å². The van der Waals surface area contributed by atoms with E-state index in [1.165, 1.54) is 20.9 Å². The maximum Gasteiger partial charge on any atom is 0.251 e. The van der Waals surface area contributed by atoms with Gasteiger partial charge in [-0.05, 0) is 44.0 Å². The van der Waals surface area contributed by atoms with E-state index in [9.17, 15) is 4.79 Å². The molecular weight excluding hydrogens is 328 g/mol. The summed E-state index contributed by atoms with van der Waals surface area (Å²) in [5, 5.41) is 3.51. The lowest BCUT2D eigenvalue weighted by molar-refractivity contribution is 0.700. The van der Waals surface area contributed by atoms with Crippen LogP contribution in [0, 0.1) is 13.8 Å². The van der Waals surface area contributed by atoms with Crippen molar-refractivity contribution in [3.8, 4) is 10.4 Å². The molecule has 0 amide bonds. The Kier molecular flexibility index (Phi) is 5.51. The molecule has 0 bridgehead atoms. The summed E-state index contributed by atoms with van der Waals surface area (Å²) >= 11 is 1.78. The average Bonchev–Trinajstić information content (AvgIpc) is 3.04. The van der Waals surface area contributed by atoms with Crippen molar-refractivity contribution in [3.05, 3.63) is 80.1 Å². The summed E-state index contributed by atoms with van der Waals surface area (Å²) in [6.07, 6.45) is 0.749. The van der Waals surface area contributed by atoms with Crippen molar-refractivity contribution in [2.45, 2.75) is 40.3 Å². The maximum absolute atomic E-state index is 11.9. The number of hydrogen-bond acceptors (Lipinski definition) is 3. The van der Waals surface area contributed by atoms with Gasteiger partial charge >= 0.3 is 0 Å². The lowest BCUT2D eigenvalue weighted by atomic mass is 10.1. The van der Waals surface area contributed by atoms with E-state index in [2.05, 4.69) is 53.6 Å². The number of nitrogens with one attached hydrogen (secondary N) is 2. The minimum absolute atomic E-state index is 0.0281. The van der Waals surface area contributed by atoms with Crippen LogP contribution in [-0.4, -0.2) is 4.98 Å².